The molecule has 0 bridgehead atoms. The van der Waals surface area contributed by atoms with Gasteiger partial charge in [0.25, 0.3) is 0 Å². The molecular weight excluding hydrogens is 265 g/mol. The molecule has 0 heterocycles. The Kier molecular flexibility index (Phi) is 4.83. The molecule has 0 atom stereocenters. The van der Waals surface area contributed by atoms with Gasteiger partial charge in [0.2, 0.25) is 5.91 Å². The zero-order valence-corrected chi connectivity index (χ0v) is 12.0. The van der Waals surface area contributed by atoms with Gasteiger partial charge in [0.1, 0.15) is 10.8 Å². The molecule has 4 N–H and O–H groups in total. The van der Waals surface area contributed by atoms with Crippen LogP contribution in [0.3, 0.4) is 0 Å². The average Bonchev–Trinajstić information content (AvgIpc) is 2.24. The largest absolute Gasteiger partial charge is 0.389 e. The lowest BCUT2D eigenvalue weighted by atomic mass is 10.1. The molecule has 0 saturated carbocycles. The molecule has 0 aliphatic rings. The molecule has 1 aromatic rings. The van der Waals surface area contributed by atoms with E-state index in [9.17, 15) is 9.18 Å². The minimum Gasteiger partial charge on any atom is -0.389 e. The fourth-order valence-corrected chi connectivity index (χ4v) is 1.58. The number of carbonyl (C=O) groups is 1. The summed E-state index contributed by atoms with van der Waals surface area (Å²) in [7, 11) is 0. The van der Waals surface area contributed by atoms with Gasteiger partial charge in [0.15, 0.2) is 0 Å². The molecule has 1 amide bonds. The molecule has 0 fully saturated rings. The summed E-state index contributed by atoms with van der Waals surface area (Å²) in [5, 5.41) is 5.50. The summed E-state index contributed by atoms with van der Waals surface area (Å²) in [6.07, 6.45) is 0. The highest BCUT2D eigenvalue weighted by Gasteiger charge is 2.14. The number of benzene rings is 1. The number of anilines is 1. The second kappa shape index (κ2) is 5.97. The first kappa shape index (κ1) is 15.4. The molecule has 0 spiro atoms. The van der Waals surface area contributed by atoms with Crippen LogP contribution in [0.25, 0.3) is 0 Å². The van der Waals surface area contributed by atoms with Crippen LogP contribution < -0.4 is 16.4 Å². The maximum atomic E-state index is 13.7. The molecule has 0 aliphatic carbocycles. The zero-order chi connectivity index (χ0) is 14.6. The minimum absolute atomic E-state index is 0.000603. The van der Waals surface area contributed by atoms with E-state index >= 15 is 0 Å². The van der Waals surface area contributed by atoms with Crippen molar-refractivity contribution in [2.45, 2.75) is 26.3 Å². The monoisotopic (exact) mass is 283 g/mol. The smallest absolute Gasteiger partial charge is 0.239 e. The highest BCUT2D eigenvalue weighted by atomic mass is 32.1. The molecular formula is C13H18FN3OS. The van der Waals surface area contributed by atoms with Crippen LogP contribution >= 0.6 is 12.2 Å². The predicted molar refractivity (Wildman–Crippen MR) is 78.7 cm³/mol. The Bertz CT molecular complexity index is 497. The zero-order valence-electron chi connectivity index (χ0n) is 11.2. The number of nitrogens with two attached hydrogens (primary N) is 1. The second-order valence-corrected chi connectivity index (χ2v) is 5.65. The molecule has 0 aromatic heterocycles. The molecule has 0 aliphatic heterocycles. The fraction of sp³-hybridized carbons (Fsp3) is 0.385. The maximum Gasteiger partial charge on any atom is 0.239 e. The van der Waals surface area contributed by atoms with Crippen molar-refractivity contribution in [3.8, 4) is 0 Å². The van der Waals surface area contributed by atoms with Crippen LogP contribution in [-0.2, 0) is 4.79 Å². The Balaban J connectivity index is 2.64. The summed E-state index contributed by atoms with van der Waals surface area (Å²) in [4.78, 5) is 11.7. The van der Waals surface area contributed by atoms with Gasteiger partial charge in [-0.2, -0.15) is 0 Å². The first-order valence-electron chi connectivity index (χ1n) is 5.83. The van der Waals surface area contributed by atoms with E-state index in [1.165, 1.54) is 12.1 Å². The normalized spacial score (nSPS) is 10.9. The summed E-state index contributed by atoms with van der Waals surface area (Å²) >= 11 is 4.76. The first-order chi connectivity index (χ1) is 8.69. The minimum atomic E-state index is -0.492. The van der Waals surface area contributed by atoms with Crippen molar-refractivity contribution in [3.63, 3.8) is 0 Å². The van der Waals surface area contributed by atoms with E-state index in [0.29, 0.717) is 5.56 Å². The molecule has 1 rings (SSSR count). The summed E-state index contributed by atoms with van der Waals surface area (Å²) in [5.41, 5.74) is 5.79. The fourth-order valence-electron chi connectivity index (χ4n) is 1.45. The lowest BCUT2D eigenvalue weighted by Crippen LogP contribution is -2.43. The van der Waals surface area contributed by atoms with Crippen LogP contribution in [0.1, 0.15) is 26.3 Å². The van der Waals surface area contributed by atoms with Crippen molar-refractivity contribution in [2.75, 3.05) is 11.9 Å². The molecule has 0 saturated heterocycles. The number of rotatable bonds is 4. The lowest BCUT2D eigenvalue weighted by molar-refractivity contribution is -0.120. The summed E-state index contributed by atoms with van der Waals surface area (Å²) in [5.74, 6) is -0.695. The van der Waals surface area contributed by atoms with Crippen molar-refractivity contribution >= 4 is 28.8 Å². The van der Waals surface area contributed by atoms with Gasteiger partial charge in [-0.25, -0.2) is 4.39 Å². The highest BCUT2D eigenvalue weighted by molar-refractivity contribution is 7.80. The second-order valence-electron chi connectivity index (χ2n) is 5.21. The van der Waals surface area contributed by atoms with E-state index in [0.717, 1.165) is 0 Å². The molecule has 1 aromatic carbocycles. The highest BCUT2D eigenvalue weighted by Crippen LogP contribution is 2.15. The number of amides is 1. The third-order valence-corrected chi connectivity index (χ3v) is 2.44. The van der Waals surface area contributed by atoms with Gasteiger partial charge in [0.05, 0.1) is 12.2 Å². The number of carbonyl (C=O) groups excluding carboxylic acids is 1. The molecule has 6 heteroatoms. The number of halogens is 1. The molecule has 0 unspecified atom stereocenters. The quantitative estimate of drug-likeness (QED) is 0.737. The lowest BCUT2D eigenvalue weighted by Gasteiger charge is -2.20. The van der Waals surface area contributed by atoms with Crippen molar-refractivity contribution < 1.29 is 9.18 Å². The summed E-state index contributed by atoms with van der Waals surface area (Å²) < 4.78 is 13.7. The van der Waals surface area contributed by atoms with E-state index in [-0.39, 0.29) is 28.7 Å². The standard InChI is InChI=1S/C13H18FN3OS/c1-13(2,3)17-11(18)7-16-10-5-4-8(12(15)19)6-9(10)14/h4-6,16H,7H2,1-3H3,(H2,15,19)(H,17,18). The van der Waals surface area contributed by atoms with Gasteiger partial charge in [-0.1, -0.05) is 12.2 Å². The van der Waals surface area contributed by atoms with Gasteiger partial charge in [-0.3, -0.25) is 4.79 Å². The van der Waals surface area contributed by atoms with E-state index in [2.05, 4.69) is 10.6 Å². The maximum absolute atomic E-state index is 13.7. The third-order valence-electron chi connectivity index (χ3n) is 2.21. The van der Waals surface area contributed by atoms with E-state index in [1.54, 1.807) is 6.07 Å². The van der Waals surface area contributed by atoms with Crippen LogP contribution in [0, 0.1) is 5.82 Å². The van der Waals surface area contributed by atoms with Crippen LogP contribution in [-0.4, -0.2) is 23.0 Å². The predicted octanol–water partition coefficient (Wildman–Crippen LogP) is 1.79. The van der Waals surface area contributed by atoms with Crippen molar-refractivity contribution in [3.05, 3.63) is 29.6 Å². The Morgan fingerprint density at radius 1 is 1.42 bits per heavy atom. The van der Waals surface area contributed by atoms with Crippen molar-refractivity contribution in [2.24, 2.45) is 5.73 Å². The molecule has 4 nitrogen and oxygen atoms in total. The SMILES string of the molecule is CC(C)(C)NC(=O)CNc1ccc(C(N)=S)cc1F. The Morgan fingerprint density at radius 2 is 2.05 bits per heavy atom. The molecule has 0 radical (unpaired) electrons. The van der Waals surface area contributed by atoms with Crippen molar-refractivity contribution in [1.29, 1.82) is 0 Å². The van der Waals surface area contributed by atoms with Gasteiger partial charge < -0.3 is 16.4 Å². The van der Waals surface area contributed by atoms with Crippen LogP contribution in [0.15, 0.2) is 18.2 Å². The summed E-state index contributed by atoms with van der Waals surface area (Å²) in [6, 6.07) is 4.36. The Hall–Kier alpha value is -1.69. The average molecular weight is 283 g/mol. The van der Waals surface area contributed by atoms with E-state index < -0.39 is 5.82 Å². The van der Waals surface area contributed by atoms with Crippen LogP contribution in [0.4, 0.5) is 10.1 Å². The first-order valence-corrected chi connectivity index (χ1v) is 6.24. The van der Waals surface area contributed by atoms with Crippen LogP contribution in [0.5, 0.6) is 0 Å². The number of hydrogen-bond donors (Lipinski definition) is 3. The van der Waals surface area contributed by atoms with E-state index in [4.69, 9.17) is 18.0 Å². The topological polar surface area (TPSA) is 67.2 Å². The van der Waals surface area contributed by atoms with Crippen LogP contribution in [0.2, 0.25) is 0 Å². The number of hydrogen-bond acceptors (Lipinski definition) is 3. The number of thiocarbonyl (C=S) groups is 1. The van der Waals surface area contributed by atoms with Gasteiger partial charge >= 0.3 is 0 Å². The molecule has 104 valence electrons. The van der Waals surface area contributed by atoms with Gasteiger partial charge in [-0.15, -0.1) is 0 Å². The Labute approximate surface area is 117 Å². The Morgan fingerprint density at radius 3 is 2.53 bits per heavy atom. The third kappa shape index (κ3) is 5.21. The van der Waals surface area contributed by atoms with E-state index in [1.807, 2.05) is 20.8 Å². The number of nitrogens with one attached hydrogen (secondary N) is 2. The molecule has 19 heavy (non-hydrogen) atoms. The van der Waals surface area contributed by atoms with Crippen molar-refractivity contribution in [1.82, 2.24) is 5.32 Å². The van der Waals surface area contributed by atoms with Gasteiger partial charge in [-0.05, 0) is 39.0 Å². The summed E-state index contributed by atoms with van der Waals surface area (Å²) in [6.45, 7) is 5.63. The van der Waals surface area contributed by atoms with Gasteiger partial charge in [0, 0.05) is 11.1 Å².